The summed E-state index contributed by atoms with van der Waals surface area (Å²) in [5.74, 6) is 2.18. The van der Waals surface area contributed by atoms with Crippen LogP contribution in [0.5, 0.6) is 5.75 Å². The second-order valence-corrected chi connectivity index (χ2v) is 5.28. The third-order valence-electron chi connectivity index (χ3n) is 2.50. The molecule has 0 aromatic carbocycles. The number of hydrogen-bond donors (Lipinski definition) is 1. The average molecular weight is 337 g/mol. The van der Waals surface area contributed by atoms with Crippen molar-refractivity contribution in [1.29, 1.82) is 0 Å². The standard InChI is InChI=1S/C14H17BrN4O/c1-3-4-17-13-5-10(2)18-14(19-13)9-20-12-6-11(15)7-16-8-12/h5-8H,3-4,9H2,1-2H3,(H,17,18,19). The number of anilines is 1. The maximum Gasteiger partial charge on any atom is 0.168 e. The van der Waals surface area contributed by atoms with E-state index < -0.39 is 0 Å². The van der Waals surface area contributed by atoms with Crippen molar-refractivity contribution in [2.45, 2.75) is 26.9 Å². The second-order valence-electron chi connectivity index (χ2n) is 4.37. The summed E-state index contributed by atoms with van der Waals surface area (Å²) in [5.41, 5.74) is 0.921. The number of hydrogen-bond acceptors (Lipinski definition) is 5. The van der Waals surface area contributed by atoms with E-state index in [-0.39, 0.29) is 0 Å². The summed E-state index contributed by atoms with van der Waals surface area (Å²) in [6, 6.07) is 3.79. The van der Waals surface area contributed by atoms with E-state index in [2.05, 4.69) is 43.1 Å². The molecule has 0 amide bonds. The molecule has 0 unspecified atom stereocenters. The van der Waals surface area contributed by atoms with Crippen LogP contribution in [0.2, 0.25) is 0 Å². The molecule has 2 aromatic rings. The van der Waals surface area contributed by atoms with Crippen LogP contribution >= 0.6 is 15.9 Å². The van der Waals surface area contributed by atoms with Crippen molar-refractivity contribution in [2.24, 2.45) is 0 Å². The van der Waals surface area contributed by atoms with Gasteiger partial charge in [0.2, 0.25) is 0 Å². The lowest BCUT2D eigenvalue weighted by molar-refractivity contribution is 0.294. The fourth-order valence-electron chi connectivity index (χ4n) is 1.66. The lowest BCUT2D eigenvalue weighted by atomic mass is 10.4. The summed E-state index contributed by atoms with van der Waals surface area (Å²) in [7, 11) is 0. The van der Waals surface area contributed by atoms with Gasteiger partial charge < -0.3 is 10.1 Å². The van der Waals surface area contributed by atoms with E-state index in [1.807, 2.05) is 19.1 Å². The highest BCUT2D eigenvalue weighted by atomic mass is 79.9. The minimum Gasteiger partial charge on any atom is -0.484 e. The Bertz CT molecular complexity index is 577. The molecule has 1 N–H and O–H groups in total. The van der Waals surface area contributed by atoms with Crippen LogP contribution in [-0.4, -0.2) is 21.5 Å². The zero-order chi connectivity index (χ0) is 14.4. The zero-order valence-electron chi connectivity index (χ0n) is 11.6. The van der Waals surface area contributed by atoms with Gasteiger partial charge in [-0.15, -0.1) is 0 Å². The molecule has 2 aromatic heterocycles. The van der Waals surface area contributed by atoms with Crippen LogP contribution in [0.3, 0.4) is 0 Å². The Morgan fingerprint density at radius 2 is 2.10 bits per heavy atom. The molecule has 5 nitrogen and oxygen atoms in total. The summed E-state index contributed by atoms with van der Waals surface area (Å²) in [6.45, 7) is 5.28. The number of aromatic nitrogens is 3. The molecule has 106 valence electrons. The van der Waals surface area contributed by atoms with Gasteiger partial charge >= 0.3 is 0 Å². The predicted molar refractivity (Wildman–Crippen MR) is 81.8 cm³/mol. The maximum atomic E-state index is 5.64. The Balaban J connectivity index is 2.03. The minimum atomic E-state index is 0.320. The molecule has 0 aliphatic rings. The van der Waals surface area contributed by atoms with Crippen LogP contribution in [0.4, 0.5) is 5.82 Å². The van der Waals surface area contributed by atoms with Crippen LogP contribution in [-0.2, 0) is 6.61 Å². The highest BCUT2D eigenvalue weighted by Crippen LogP contribution is 2.17. The Morgan fingerprint density at radius 1 is 1.25 bits per heavy atom. The third kappa shape index (κ3) is 4.45. The first-order valence-electron chi connectivity index (χ1n) is 6.49. The molecule has 0 saturated heterocycles. The van der Waals surface area contributed by atoms with E-state index in [0.29, 0.717) is 18.2 Å². The van der Waals surface area contributed by atoms with Crippen molar-refractivity contribution in [3.05, 3.63) is 40.5 Å². The largest absolute Gasteiger partial charge is 0.484 e. The fourth-order valence-corrected chi connectivity index (χ4v) is 2.00. The van der Waals surface area contributed by atoms with Crippen molar-refractivity contribution >= 4 is 21.7 Å². The number of pyridine rings is 1. The summed E-state index contributed by atoms with van der Waals surface area (Å²) >= 11 is 3.36. The lowest BCUT2D eigenvalue weighted by Gasteiger charge is -2.09. The molecule has 0 bridgehead atoms. The first-order valence-corrected chi connectivity index (χ1v) is 7.28. The molecule has 0 saturated carbocycles. The highest BCUT2D eigenvalue weighted by Gasteiger charge is 2.04. The molecular formula is C14H17BrN4O. The number of rotatable bonds is 6. The summed E-state index contributed by atoms with van der Waals surface area (Å²) in [4.78, 5) is 12.8. The van der Waals surface area contributed by atoms with Crippen LogP contribution < -0.4 is 10.1 Å². The van der Waals surface area contributed by atoms with E-state index in [4.69, 9.17) is 4.74 Å². The number of nitrogens with one attached hydrogen (secondary N) is 1. The van der Waals surface area contributed by atoms with Crippen LogP contribution in [0.1, 0.15) is 24.9 Å². The van der Waals surface area contributed by atoms with E-state index >= 15 is 0 Å². The van der Waals surface area contributed by atoms with Crippen LogP contribution in [0.15, 0.2) is 29.0 Å². The smallest absolute Gasteiger partial charge is 0.168 e. The highest BCUT2D eigenvalue weighted by molar-refractivity contribution is 9.10. The van der Waals surface area contributed by atoms with Crippen LogP contribution in [0.25, 0.3) is 0 Å². The Labute approximate surface area is 127 Å². The molecule has 0 aliphatic carbocycles. The van der Waals surface area contributed by atoms with E-state index in [1.165, 1.54) is 0 Å². The van der Waals surface area contributed by atoms with E-state index in [9.17, 15) is 0 Å². The summed E-state index contributed by atoms with van der Waals surface area (Å²) in [5, 5.41) is 3.26. The fraction of sp³-hybridized carbons (Fsp3) is 0.357. The first-order chi connectivity index (χ1) is 9.67. The number of halogens is 1. The van der Waals surface area contributed by atoms with E-state index in [0.717, 1.165) is 29.0 Å². The van der Waals surface area contributed by atoms with Crippen molar-refractivity contribution in [2.75, 3.05) is 11.9 Å². The monoisotopic (exact) mass is 336 g/mol. The second kappa shape index (κ2) is 7.19. The molecule has 0 radical (unpaired) electrons. The van der Waals surface area contributed by atoms with Gasteiger partial charge in [0, 0.05) is 29.0 Å². The van der Waals surface area contributed by atoms with Crippen molar-refractivity contribution in [3.8, 4) is 5.75 Å². The minimum absolute atomic E-state index is 0.320. The van der Waals surface area contributed by atoms with Crippen LogP contribution in [0, 0.1) is 6.92 Å². The van der Waals surface area contributed by atoms with Gasteiger partial charge in [0.1, 0.15) is 18.2 Å². The van der Waals surface area contributed by atoms with Crippen molar-refractivity contribution in [3.63, 3.8) is 0 Å². The van der Waals surface area contributed by atoms with Gasteiger partial charge in [-0.1, -0.05) is 6.92 Å². The third-order valence-corrected chi connectivity index (χ3v) is 2.94. The number of ether oxygens (including phenoxy) is 1. The molecule has 0 aliphatic heterocycles. The Kier molecular flexibility index (Phi) is 5.29. The molecule has 0 spiro atoms. The van der Waals surface area contributed by atoms with Gasteiger partial charge in [0.05, 0.1) is 6.20 Å². The van der Waals surface area contributed by atoms with Gasteiger partial charge in [-0.3, -0.25) is 4.98 Å². The predicted octanol–water partition coefficient (Wildman–Crippen LogP) is 3.34. The van der Waals surface area contributed by atoms with Gasteiger partial charge in [0.15, 0.2) is 5.82 Å². The quantitative estimate of drug-likeness (QED) is 0.876. The van der Waals surface area contributed by atoms with Crippen molar-refractivity contribution < 1.29 is 4.74 Å². The topological polar surface area (TPSA) is 59.9 Å². The van der Waals surface area contributed by atoms with E-state index in [1.54, 1.807) is 12.4 Å². The molecular weight excluding hydrogens is 320 g/mol. The maximum absolute atomic E-state index is 5.64. The molecule has 0 fully saturated rings. The normalized spacial score (nSPS) is 10.3. The molecule has 2 heterocycles. The number of aryl methyl sites for hydroxylation is 1. The first kappa shape index (κ1) is 14.7. The summed E-state index contributed by atoms with van der Waals surface area (Å²) < 4.78 is 6.52. The molecule has 2 rings (SSSR count). The average Bonchev–Trinajstić information content (AvgIpc) is 2.42. The summed E-state index contributed by atoms with van der Waals surface area (Å²) in [6.07, 6.45) is 4.43. The van der Waals surface area contributed by atoms with Gasteiger partial charge in [-0.25, -0.2) is 9.97 Å². The van der Waals surface area contributed by atoms with Gasteiger partial charge in [0.25, 0.3) is 0 Å². The molecule has 6 heteroatoms. The lowest BCUT2D eigenvalue weighted by Crippen LogP contribution is -2.08. The van der Waals surface area contributed by atoms with Gasteiger partial charge in [-0.05, 0) is 35.3 Å². The number of nitrogens with zero attached hydrogens (tertiary/aromatic N) is 3. The Hall–Kier alpha value is -1.69. The van der Waals surface area contributed by atoms with Crippen molar-refractivity contribution in [1.82, 2.24) is 15.0 Å². The Morgan fingerprint density at radius 3 is 2.85 bits per heavy atom. The van der Waals surface area contributed by atoms with Gasteiger partial charge in [-0.2, -0.15) is 0 Å². The SMILES string of the molecule is CCCNc1cc(C)nc(COc2cncc(Br)c2)n1. The molecule has 0 atom stereocenters. The zero-order valence-corrected chi connectivity index (χ0v) is 13.1. The molecule has 20 heavy (non-hydrogen) atoms.